The number of thiophene rings is 2. The minimum atomic E-state index is -0.662. The van der Waals surface area contributed by atoms with Crippen molar-refractivity contribution in [3.05, 3.63) is 43.0 Å². The van der Waals surface area contributed by atoms with Crippen molar-refractivity contribution < 1.29 is 23.5 Å². The summed E-state index contributed by atoms with van der Waals surface area (Å²) in [6.45, 7) is 0. The molecule has 0 aliphatic rings. The molecule has 0 fully saturated rings. The molecule has 0 bridgehead atoms. The van der Waals surface area contributed by atoms with Gasteiger partial charge in [-0.3, -0.25) is 0 Å². The third kappa shape index (κ3) is 3.46. The first kappa shape index (κ1) is 18.4. The normalized spacial score (nSPS) is 10.7. The van der Waals surface area contributed by atoms with E-state index in [4.69, 9.17) is 13.9 Å². The van der Waals surface area contributed by atoms with Crippen LogP contribution in [-0.2, 0) is 9.47 Å². The van der Waals surface area contributed by atoms with Crippen LogP contribution < -0.4 is 0 Å². The monoisotopic (exact) mass is 504 g/mol. The van der Waals surface area contributed by atoms with E-state index in [0.29, 0.717) is 9.75 Å². The molecule has 3 aromatic rings. The summed E-state index contributed by atoms with van der Waals surface area (Å²) >= 11 is 9.54. The minimum absolute atomic E-state index is 0.0585. The predicted octanol–water partition coefficient (Wildman–Crippen LogP) is 5.83. The van der Waals surface area contributed by atoms with Crippen molar-refractivity contribution >= 4 is 66.5 Å². The van der Waals surface area contributed by atoms with Gasteiger partial charge in [-0.15, -0.1) is 22.7 Å². The molecule has 3 rings (SSSR count). The number of furan rings is 1. The number of hydrogen-bond donors (Lipinski definition) is 0. The SMILES string of the molecule is COC(=O)c1c(-c2ccc(Br)s2)oc(-c2ccc(Br)s2)c1C(=O)OC. The molecule has 0 aromatic carbocycles. The predicted molar refractivity (Wildman–Crippen MR) is 103 cm³/mol. The molecular weight excluding hydrogens is 496 g/mol. The second kappa shape index (κ2) is 7.45. The lowest BCUT2D eigenvalue weighted by Gasteiger charge is -2.02. The first-order valence-corrected chi connectivity index (χ1v) is 10.0. The van der Waals surface area contributed by atoms with Gasteiger partial charge >= 0.3 is 11.9 Å². The lowest BCUT2D eigenvalue weighted by Crippen LogP contribution is -2.11. The molecular formula is C16H10Br2O5S2. The van der Waals surface area contributed by atoms with E-state index in [1.165, 1.54) is 36.9 Å². The van der Waals surface area contributed by atoms with Gasteiger partial charge in [0.2, 0.25) is 0 Å². The van der Waals surface area contributed by atoms with Gasteiger partial charge in [0.25, 0.3) is 0 Å². The van der Waals surface area contributed by atoms with Gasteiger partial charge in [0.05, 0.1) is 31.5 Å². The number of halogens is 2. The van der Waals surface area contributed by atoms with Crippen LogP contribution in [0.4, 0.5) is 0 Å². The molecule has 0 atom stereocenters. The number of methoxy groups -OCH3 is 2. The Morgan fingerprint density at radius 2 is 1.24 bits per heavy atom. The number of ether oxygens (including phenoxy) is 2. The molecule has 0 saturated heterocycles. The summed E-state index contributed by atoms with van der Waals surface area (Å²) in [7, 11) is 2.51. The van der Waals surface area contributed by atoms with Crippen LogP contribution in [0.3, 0.4) is 0 Å². The molecule has 0 unspecified atom stereocenters. The first-order valence-electron chi connectivity index (χ1n) is 6.81. The molecule has 0 spiro atoms. The summed E-state index contributed by atoms with van der Waals surface area (Å²) in [5, 5.41) is 0. The van der Waals surface area contributed by atoms with Crippen molar-refractivity contribution in [2.45, 2.75) is 0 Å². The zero-order valence-corrected chi connectivity index (χ0v) is 17.7. The zero-order valence-electron chi connectivity index (χ0n) is 12.9. The van der Waals surface area contributed by atoms with Crippen molar-refractivity contribution in [2.75, 3.05) is 14.2 Å². The Hall–Kier alpha value is -1.42. The highest BCUT2D eigenvalue weighted by molar-refractivity contribution is 9.11. The fourth-order valence-corrected chi connectivity index (χ4v) is 4.99. The molecule has 0 aliphatic heterocycles. The topological polar surface area (TPSA) is 65.7 Å². The average Bonchev–Trinajstić information content (AvgIpc) is 3.30. The van der Waals surface area contributed by atoms with Crippen molar-refractivity contribution in [3.8, 4) is 21.3 Å². The van der Waals surface area contributed by atoms with Crippen LogP contribution in [0.1, 0.15) is 20.7 Å². The van der Waals surface area contributed by atoms with Crippen LogP contribution in [0.5, 0.6) is 0 Å². The van der Waals surface area contributed by atoms with E-state index in [2.05, 4.69) is 31.9 Å². The highest BCUT2D eigenvalue weighted by Gasteiger charge is 2.33. The second-order valence-corrected chi connectivity index (χ2v) is 9.63. The van der Waals surface area contributed by atoms with Gasteiger partial charge < -0.3 is 13.9 Å². The standard InChI is InChI=1S/C16H10Br2O5S2/c1-21-15(19)11-12(16(20)22-2)14(8-4-6-10(18)25-8)23-13(11)7-3-5-9(17)24-7/h3-6H,1-2H3. The summed E-state index contributed by atoms with van der Waals surface area (Å²) in [4.78, 5) is 26.2. The number of carbonyl (C=O) groups is 2. The molecule has 0 N–H and O–H groups in total. The van der Waals surface area contributed by atoms with Gasteiger partial charge in [-0.05, 0) is 56.1 Å². The molecule has 0 amide bonds. The third-order valence-electron chi connectivity index (χ3n) is 3.28. The molecule has 0 aliphatic carbocycles. The Labute approximate surface area is 167 Å². The number of hydrogen-bond acceptors (Lipinski definition) is 7. The van der Waals surface area contributed by atoms with Crippen LogP contribution >= 0.6 is 54.5 Å². The minimum Gasteiger partial charge on any atom is -0.465 e. The van der Waals surface area contributed by atoms with Crippen LogP contribution in [0.25, 0.3) is 21.3 Å². The van der Waals surface area contributed by atoms with Gasteiger partial charge in [0.15, 0.2) is 11.5 Å². The van der Waals surface area contributed by atoms with Crippen molar-refractivity contribution in [1.82, 2.24) is 0 Å². The van der Waals surface area contributed by atoms with E-state index in [1.54, 1.807) is 12.1 Å². The Bertz CT molecular complexity index is 879. The van der Waals surface area contributed by atoms with Crippen molar-refractivity contribution in [1.29, 1.82) is 0 Å². The Morgan fingerprint density at radius 3 is 1.52 bits per heavy atom. The molecule has 5 nitrogen and oxygen atoms in total. The molecule has 25 heavy (non-hydrogen) atoms. The van der Waals surface area contributed by atoms with E-state index in [0.717, 1.165) is 7.57 Å². The van der Waals surface area contributed by atoms with Crippen LogP contribution in [0.2, 0.25) is 0 Å². The van der Waals surface area contributed by atoms with E-state index in [1.807, 2.05) is 12.1 Å². The molecule has 130 valence electrons. The fraction of sp³-hybridized carbons (Fsp3) is 0.125. The van der Waals surface area contributed by atoms with Crippen molar-refractivity contribution in [2.24, 2.45) is 0 Å². The molecule has 3 heterocycles. The molecule has 3 aromatic heterocycles. The highest BCUT2D eigenvalue weighted by atomic mass is 79.9. The van der Waals surface area contributed by atoms with E-state index in [9.17, 15) is 9.59 Å². The summed E-state index contributed by atoms with van der Waals surface area (Å²) in [6.07, 6.45) is 0. The van der Waals surface area contributed by atoms with Gasteiger partial charge in [-0.25, -0.2) is 9.59 Å². The second-order valence-electron chi connectivity index (χ2n) is 4.70. The maximum absolute atomic E-state index is 12.4. The Kier molecular flexibility index (Phi) is 5.47. The smallest absolute Gasteiger partial charge is 0.342 e. The average molecular weight is 506 g/mol. The highest BCUT2D eigenvalue weighted by Crippen LogP contribution is 2.43. The summed E-state index contributed by atoms with van der Waals surface area (Å²) < 4.78 is 17.5. The summed E-state index contributed by atoms with van der Waals surface area (Å²) in [6, 6.07) is 7.27. The van der Waals surface area contributed by atoms with Crippen molar-refractivity contribution in [3.63, 3.8) is 0 Å². The maximum atomic E-state index is 12.4. The van der Waals surface area contributed by atoms with Crippen LogP contribution in [0.15, 0.2) is 36.3 Å². The fourth-order valence-electron chi connectivity index (χ4n) is 2.24. The lowest BCUT2D eigenvalue weighted by molar-refractivity contribution is 0.0558. The first-order chi connectivity index (χ1) is 12.0. The van der Waals surface area contributed by atoms with Gasteiger partial charge in [0, 0.05) is 0 Å². The van der Waals surface area contributed by atoms with Crippen LogP contribution in [0, 0.1) is 0 Å². The molecule has 0 saturated carbocycles. The van der Waals surface area contributed by atoms with Gasteiger partial charge in [-0.2, -0.15) is 0 Å². The number of esters is 2. The van der Waals surface area contributed by atoms with E-state index in [-0.39, 0.29) is 22.6 Å². The van der Waals surface area contributed by atoms with Crippen LogP contribution in [-0.4, -0.2) is 26.2 Å². The molecule has 9 heteroatoms. The van der Waals surface area contributed by atoms with Gasteiger partial charge in [0.1, 0.15) is 11.1 Å². The quantitative estimate of drug-likeness (QED) is 0.417. The van der Waals surface area contributed by atoms with E-state index >= 15 is 0 Å². The van der Waals surface area contributed by atoms with E-state index < -0.39 is 11.9 Å². The molecule has 0 radical (unpaired) electrons. The maximum Gasteiger partial charge on any atom is 0.342 e. The summed E-state index contributed by atoms with van der Waals surface area (Å²) in [5.74, 6) is -0.763. The largest absolute Gasteiger partial charge is 0.465 e. The summed E-state index contributed by atoms with van der Waals surface area (Å²) in [5.41, 5.74) is 0.117. The zero-order chi connectivity index (χ0) is 18.1. The Morgan fingerprint density at radius 1 is 0.840 bits per heavy atom. The third-order valence-corrected chi connectivity index (χ3v) is 6.53. The lowest BCUT2D eigenvalue weighted by atomic mass is 10.1. The number of rotatable bonds is 4. The Balaban J connectivity index is 2.33. The van der Waals surface area contributed by atoms with Gasteiger partial charge in [-0.1, -0.05) is 0 Å². The number of carbonyl (C=O) groups excluding carboxylic acids is 2.